The van der Waals surface area contributed by atoms with Crippen LogP contribution in [-0.2, 0) is 6.54 Å². The first-order valence-electron chi connectivity index (χ1n) is 7.66. The van der Waals surface area contributed by atoms with Gasteiger partial charge in [0, 0.05) is 12.1 Å². The molecule has 0 saturated carbocycles. The molecule has 0 amide bonds. The molecule has 2 N–H and O–H groups in total. The number of fused-ring (bicyclic) bond motifs is 1. The van der Waals surface area contributed by atoms with Crippen LogP contribution in [0.2, 0.25) is 0 Å². The van der Waals surface area contributed by atoms with Gasteiger partial charge in [0.05, 0.1) is 38.3 Å². The molecular formula is C16H21N3O4. The molecule has 1 aromatic heterocycles. The van der Waals surface area contributed by atoms with Gasteiger partial charge >= 0.3 is 0 Å². The number of methoxy groups -OCH3 is 2. The zero-order valence-corrected chi connectivity index (χ0v) is 13.3. The maximum atomic E-state index is 12.3. The molecule has 0 aliphatic carbocycles. The summed E-state index contributed by atoms with van der Waals surface area (Å²) < 4.78 is 10.5. The van der Waals surface area contributed by atoms with Gasteiger partial charge < -0.3 is 19.6 Å². The van der Waals surface area contributed by atoms with Crippen LogP contribution in [0.3, 0.4) is 0 Å². The van der Waals surface area contributed by atoms with Crippen LogP contribution in [0, 0.1) is 0 Å². The fourth-order valence-corrected chi connectivity index (χ4v) is 3.09. The Kier molecular flexibility index (Phi) is 4.49. The number of rotatable bonds is 5. The second kappa shape index (κ2) is 6.55. The summed E-state index contributed by atoms with van der Waals surface area (Å²) in [4.78, 5) is 21.8. The first kappa shape index (κ1) is 15.8. The lowest BCUT2D eigenvalue weighted by molar-refractivity contribution is 0.151. The number of benzene rings is 1. The second-order valence-electron chi connectivity index (χ2n) is 5.69. The Morgan fingerprint density at radius 3 is 2.78 bits per heavy atom. The van der Waals surface area contributed by atoms with Gasteiger partial charge in [-0.15, -0.1) is 0 Å². The van der Waals surface area contributed by atoms with E-state index in [1.165, 1.54) is 7.11 Å². The van der Waals surface area contributed by atoms with Crippen molar-refractivity contribution in [3.63, 3.8) is 0 Å². The van der Waals surface area contributed by atoms with Gasteiger partial charge in [0.15, 0.2) is 11.5 Å². The van der Waals surface area contributed by atoms with Crippen molar-refractivity contribution in [3.8, 4) is 11.5 Å². The van der Waals surface area contributed by atoms with Crippen LogP contribution >= 0.6 is 0 Å². The predicted octanol–water partition coefficient (Wildman–Crippen LogP) is 0.897. The molecule has 1 saturated heterocycles. The van der Waals surface area contributed by atoms with Crippen LogP contribution in [0.1, 0.15) is 18.7 Å². The third kappa shape index (κ3) is 3.02. The summed E-state index contributed by atoms with van der Waals surface area (Å²) in [7, 11) is 3.08. The maximum absolute atomic E-state index is 12.3. The van der Waals surface area contributed by atoms with Crippen molar-refractivity contribution in [1.29, 1.82) is 0 Å². The summed E-state index contributed by atoms with van der Waals surface area (Å²) in [5.41, 5.74) is 0.367. The van der Waals surface area contributed by atoms with Crippen molar-refractivity contribution in [1.82, 2.24) is 14.9 Å². The number of nitrogens with one attached hydrogen (secondary N) is 1. The minimum atomic E-state index is -0.203. The first-order chi connectivity index (χ1) is 11.2. The predicted molar refractivity (Wildman–Crippen MR) is 86.0 cm³/mol. The van der Waals surface area contributed by atoms with Crippen molar-refractivity contribution in [2.75, 3.05) is 27.4 Å². The Hall–Kier alpha value is -2.12. The van der Waals surface area contributed by atoms with Crippen LogP contribution in [0.4, 0.5) is 0 Å². The molecule has 124 valence electrons. The summed E-state index contributed by atoms with van der Waals surface area (Å²) in [6, 6.07) is 3.48. The summed E-state index contributed by atoms with van der Waals surface area (Å²) in [5, 5.41) is 9.87. The Bertz CT molecular complexity index is 759. The molecule has 0 unspecified atom stereocenters. The Balaban J connectivity index is 1.98. The van der Waals surface area contributed by atoms with Gasteiger partial charge in [0.25, 0.3) is 5.56 Å². The molecule has 1 aliphatic heterocycles. The van der Waals surface area contributed by atoms with Crippen molar-refractivity contribution >= 4 is 10.9 Å². The number of aliphatic hydroxyl groups excluding tert-OH is 1. The zero-order chi connectivity index (χ0) is 16.4. The highest BCUT2D eigenvalue weighted by Crippen LogP contribution is 2.30. The maximum Gasteiger partial charge on any atom is 0.258 e. The Morgan fingerprint density at radius 2 is 2.09 bits per heavy atom. The summed E-state index contributed by atoms with van der Waals surface area (Å²) in [5.74, 6) is 1.63. The lowest BCUT2D eigenvalue weighted by atomic mass is 10.2. The smallest absolute Gasteiger partial charge is 0.258 e. The fourth-order valence-electron chi connectivity index (χ4n) is 3.09. The molecule has 1 aliphatic rings. The number of hydrogen-bond acceptors (Lipinski definition) is 6. The Labute approximate surface area is 133 Å². The molecule has 23 heavy (non-hydrogen) atoms. The quantitative estimate of drug-likeness (QED) is 0.851. The average molecular weight is 319 g/mol. The molecule has 2 aromatic rings. The zero-order valence-electron chi connectivity index (χ0n) is 13.3. The lowest BCUT2D eigenvalue weighted by Gasteiger charge is -2.21. The molecule has 0 radical (unpaired) electrons. The van der Waals surface area contributed by atoms with E-state index in [1.807, 2.05) is 0 Å². The molecule has 0 bridgehead atoms. The third-order valence-corrected chi connectivity index (χ3v) is 4.32. The molecular weight excluding hydrogens is 298 g/mol. The van der Waals surface area contributed by atoms with Gasteiger partial charge in [-0.2, -0.15) is 0 Å². The largest absolute Gasteiger partial charge is 0.493 e. The van der Waals surface area contributed by atoms with Crippen LogP contribution in [0.15, 0.2) is 16.9 Å². The van der Waals surface area contributed by atoms with Gasteiger partial charge in [-0.05, 0) is 25.5 Å². The molecule has 3 rings (SSSR count). The molecule has 2 heterocycles. The van der Waals surface area contributed by atoms with Crippen molar-refractivity contribution in [3.05, 3.63) is 28.3 Å². The minimum absolute atomic E-state index is 0.128. The third-order valence-electron chi connectivity index (χ3n) is 4.32. The number of likely N-dealkylation sites (tertiary alicyclic amines) is 1. The van der Waals surface area contributed by atoms with Crippen molar-refractivity contribution < 1.29 is 14.6 Å². The van der Waals surface area contributed by atoms with E-state index in [-0.39, 0.29) is 18.2 Å². The van der Waals surface area contributed by atoms with E-state index in [0.29, 0.717) is 34.8 Å². The van der Waals surface area contributed by atoms with E-state index in [9.17, 15) is 9.90 Å². The van der Waals surface area contributed by atoms with Gasteiger partial charge in [0.1, 0.15) is 5.82 Å². The van der Waals surface area contributed by atoms with Crippen LogP contribution in [0.5, 0.6) is 11.5 Å². The van der Waals surface area contributed by atoms with Crippen LogP contribution < -0.4 is 15.0 Å². The second-order valence-corrected chi connectivity index (χ2v) is 5.69. The highest BCUT2D eigenvalue weighted by molar-refractivity contribution is 5.81. The number of hydrogen-bond donors (Lipinski definition) is 2. The van der Waals surface area contributed by atoms with Crippen LogP contribution in [0.25, 0.3) is 10.9 Å². The first-order valence-corrected chi connectivity index (χ1v) is 7.66. The van der Waals surface area contributed by atoms with Crippen molar-refractivity contribution in [2.45, 2.75) is 25.4 Å². The molecule has 7 heteroatoms. The number of aromatic nitrogens is 2. The molecule has 1 atom stereocenters. The standard InChI is InChI=1S/C16H21N3O4/c1-22-13-6-11-12(7-14(13)23-2)17-15(18-16(11)21)8-19-5-3-4-10(19)9-20/h6-7,10,20H,3-5,8-9H2,1-2H3,(H,17,18,21)/t10-/m0/s1. The highest BCUT2D eigenvalue weighted by atomic mass is 16.5. The number of nitrogens with zero attached hydrogens (tertiary/aromatic N) is 2. The van der Waals surface area contributed by atoms with E-state index in [4.69, 9.17) is 9.47 Å². The Morgan fingerprint density at radius 1 is 1.35 bits per heavy atom. The van der Waals surface area contributed by atoms with E-state index < -0.39 is 0 Å². The fraction of sp³-hybridized carbons (Fsp3) is 0.500. The SMILES string of the molecule is COc1cc2nc(CN3CCC[C@H]3CO)[nH]c(=O)c2cc1OC. The summed E-state index contributed by atoms with van der Waals surface area (Å²) in [6.45, 7) is 1.55. The highest BCUT2D eigenvalue weighted by Gasteiger charge is 2.24. The van der Waals surface area contributed by atoms with E-state index in [0.717, 1.165) is 19.4 Å². The van der Waals surface area contributed by atoms with Gasteiger partial charge in [0.2, 0.25) is 0 Å². The average Bonchev–Trinajstić information content (AvgIpc) is 3.00. The number of aliphatic hydroxyl groups is 1. The summed E-state index contributed by atoms with van der Waals surface area (Å²) >= 11 is 0. The summed E-state index contributed by atoms with van der Waals surface area (Å²) in [6.07, 6.45) is 2.02. The number of aromatic amines is 1. The van der Waals surface area contributed by atoms with E-state index >= 15 is 0 Å². The molecule has 0 spiro atoms. The molecule has 1 fully saturated rings. The monoisotopic (exact) mass is 319 g/mol. The van der Waals surface area contributed by atoms with E-state index in [2.05, 4.69) is 14.9 Å². The van der Waals surface area contributed by atoms with E-state index in [1.54, 1.807) is 19.2 Å². The molecule has 7 nitrogen and oxygen atoms in total. The number of ether oxygens (including phenoxy) is 2. The van der Waals surface area contributed by atoms with Gasteiger partial charge in [-0.1, -0.05) is 0 Å². The van der Waals surface area contributed by atoms with Gasteiger partial charge in [-0.3, -0.25) is 9.69 Å². The number of H-pyrrole nitrogens is 1. The topological polar surface area (TPSA) is 87.7 Å². The van der Waals surface area contributed by atoms with Crippen LogP contribution in [-0.4, -0.2) is 53.4 Å². The lowest BCUT2D eigenvalue weighted by Crippen LogP contribution is -2.33. The molecule has 1 aromatic carbocycles. The van der Waals surface area contributed by atoms with Crippen molar-refractivity contribution in [2.24, 2.45) is 0 Å². The van der Waals surface area contributed by atoms with Gasteiger partial charge in [-0.25, -0.2) is 4.98 Å². The minimum Gasteiger partial charge on any atom is -0.493 e. The normalized spacial score (nSPS) is 18.5.